The van der Waals surface area contributed by atoms with Crippen molar-refractivity contribution in [3.63, 3.8) is 0 Å². The third-order valence-corrected chi connectivity index (χ3v) is 3.73. The van der Waals surface area contributed by atoms with Gasteiger partial charge in [0.05, 0.1) is 0 Å². The fourth-order valence-corrected chi connectivity index (χ4v) is 2.52. The number of carboxylic acid groups (broad SMARTS) is 1. The van der Waals surface area contributed by atoms with Gasteiger partial charge in [-0.2, -0.15) is 0 Å². The first-order chi connectivity index (χ1) is 9.16. The molecule has 1 amide bonds. The van der Waals surface area contributed by atoms with Crippen molar-refractivity contribution < 1.29 is 9.90 Å². The summed E-state index contributed by atoms with van der Waals surface area (Å²) in [6, 6.07) is 0. The normalized spacial score (nSPS) is 19.6. The Balaban J connectivity index is 1.80. The molecular formula is C12H17N5O2. The molecule has 2 heterocycles. The monoisotopic (exact) mass is 263 g/mol. The largest absolute Gasteiger partial charge is 0.465 e. The Morgan fingerprint density at radius 2 is 1.95 bits per heavy atom. The minimum absolute atomic E-state index is 0.480. The summed E-state index contributed by atoms with van der Waals surface area (Å²) in [7, 11) is 0. The Labute approximate surface area is 111 Å². The van der Waals surface area contributed by atoms with Crippen molar-refractivity contribution in [2.45, 2.75) is 18.8 Å². The number of hydrogen-bond acceptors (Lipinski definition) is 5. The van der Waals surface area contributed by atoms with E-state index in [1.54, 1.807) is 0 Å². The van der Waals surface area contributed by atoms with Crippen LogP contribution in [0.4, 0.5) is 16.4 Å². The van der Waals surface area contributed by atoms with Crippen molar-refractivity contribution in [3.8, 4) is 0 Å². The van der Waals surface area contributed by atoms with Crippen LogP contribution in [0.2, 0.25) is 0 Å². The maximum Gasteiger partial charge on any atom is 0.407 e. The molecule has 1 aromatic rings. The fraction of sp³-hybridized carbons (Fsp3) is 0.583. The molecule has 0 radical (unpaired) electrons. The number of hydrogen-bond donors (Lipinski definition) is 2. The van der Waals surface area contributed by atoms with E-state index < -0.39 is 6.09 Å². The van der Waals surface area contributed by atoms with Crippen molar-refractivity contribution in [3.05, 3.63) is 11.9 Å². The first-order valence-corrected chi connectivity index (χ1v) is 6.50. The molecule has 1 saturated heterocycles. The summed E-state index contributed by atoms with van der Waals surface area (Å²) < 4.78 is 0. The molecule has 7 nitrogen and oxygen atoms in total. The van der Waals surface area contributed by atoms with Crippen LogP contribution in [0.5, 0.6) is 0 Å². The lowest BCUT2D eigenvalue weighted by Crippen LogP contribution is -2.48. The number of aromatic nitrogens is 2. The number of carbonyl (C=O) groups is 1. The molecule has 7 heteroatoms. The highest BCUT2D eigenvalue weighted by Gasteiger charge is 2.32. The third-order valence-electron chi connectivity index (χ3n) is 3.73. The van der Waals surface area contributed by atoms with Crippen LogP contribution in [-0.2, 0) is 0 Å². The molecule has 19 heavy (non-hydrogen) atoms. The number of anilines is 2. The van der Waals surface area contributed by atoms with E-state index in [0.29, 0.717) is 37.9 Å². The summed E-state index contributed by atoms with van der Waals surface area (Å²) in [6.45, 7) is 2.32. The predicted octanol–water partition coefficient (Wildman–Crippen LogP) is 0.736. The minimum Gasteiger partial charge on any atom is -0.465 e. The molecule has 0 atom stereocenters. The number of nitrogens with two attached hydrogens (primary N) is 1. The molecule has 2 aliphatic rings. The van der Waals surface area contributed by atoms with Gasteiger partial charge in [-0.3, -0.25) is 0 Å². The number of piperazine rings is 1. The fourth-order valence-electron chi connectivity index (χ4n) is 2.52. The number of rotatable bonds is 2. The Hall–Kier alpha value is -2.05. The second kappa shape index (κ2) is 4.56. The summed E-state index contributed by atoms with van der Waals surface area (Å²) in [5.41, 5.74) is 7.01. The molecule has 1 saturated carbocycles. The first-order valence-electron chi connectivity index (χ1n) is 6.50. The molecule has 0 unspecified atom stereocenters. The van der Waals surface area contributed by atoms with Crippen molar-refractivity contribution in [1.82, 2.24) is 14.9 Å². The van der Waals surface area contributed by atoms with Crippen molar-refractivity contribution in [2.75, 3.05) is 36.8 Å². The van der Waals surface area contributed by atoms with Gasteiger partial charge in [0, 0.05) is 31.7 Å². The van der Waals surface area contributed by atoms with Gasteiger partial charge in [0.15, 0.2) is 0 Å². The standard InChI is InChI=1S/C12H17N5O2/c13-10-9(8-1-2-8)11(15-7-14-10)16-3-5-17(6-4-16)12(18)19/h7-8H,1-6H2,(H,18,19)(H2,13,14,15). The van der Waals surface area contributed by atoms with Crippen LogP contribution in [0.1, 0.15) is 24.3 Å². The molecule has 0 bridgehead atoms. The van der Waals surface area contributed by atoms with Crippen molar-refractivity contribution >= 4 is 17.7 Å². The summed E-state index contributed by atoms with van der Waals surface area (Å²) in [6.07, 6.45) is 2.91. The Morgan fingerprint density at radius 3 is 2.53 bits per heavy atom. The van der Waals surface area contributed by atoms with E-state index >= 15 is 0 Å². The van der Waals surface area contributed by atoms with Crippen molar-refractivity contribution in [2.24, 2.45) is 0 Å². The summed E-state index contributed by atoms with van der Waals surface area (Å²) in [4.78, 5) is 22.9. The van der Waals surface area contributed by atoms with E-state index in [1.807, 2.05) is 0 Å². The summed E-state index contributed by atoms with van der Waals surface area (Å²) in [5.74, 6) is 1.93. The SMILES string of the molecule is Nc1ncnc(N2CCN(C(=O)O)CC2)c1C1CC1. The van der Waals surface area contributed by atoms with Crippen molar-refractivity contribution in [1.29, 1.82) is 0 Å². The van der Waals surface area contributed by atoms with Crippen LogP contribution < -0.4 is 10.6 Å². The highest BCUT2D eigenvalue weighted by atomic mass is 16.4. The van der Waals surface area contributed by atoms with Crippen LogP contribution in [0.15, 0.2) is 6.33 Å². The first kappa shape index (κ1) is 12.0. The topological polar surface area (TPSA) is 95.6 Å². The molecule has 0 spiro atoms. The number of amides is 1. The van der Waals surface area contributed by atoms with E-state index in [4.69, 9.17) is 10.8 Å². The maximum atomic E-state index is 10.9. The lowest BCUT2D eigenvalue weighted by atomic mass is 10.1. The van der Waals surface area contributed by atoms with Gasteiger partial charge in [0.25, 0.3) is 0 Å². The predicted molar refractivity (Wildman–Crippen MR) is 70.2 cm³/mol. The molecule has 1 aromatic heterocycles. The Bertz CT molecular complexity index is 495. The van der Waals surface area contributed by atoms with Gasteiger partial charge in [-0.15, -0.1) is 0 Å². The quantitative estimate of drug-likeness (QED) is 0.817. The summed E-state index contributed by atoms with van der Waals surface area (Å²) in [5, 5.41) is 8.95. The number of nitrogens with zero attached hydrogens (tertiary/aromatic N) is 4. The molecule has 1 aliphatic carbocycles. The highest BCUT2D eigenvalue weighted by Crippen LogP contribution is 2.45. The zero-order valence-corrected chi connectivity index (χ0v) is 10.6. The highest BCUT2D eigenvalue weighted by molar-refractivity contribution is 5.66. The van der Waals surface area contributed by atoms with Gasteiger partial charge in [-0.05, 0) is 18.8 Å². The van der Waals surface area contributed by atoms with Gasteiger partial charge in [-0.1, -0.05) is 0 Å². The van der Waals surface area contributed by atoms with Gasteiger partial charge >= 0.3 is 6.09 Å². The lowest BCUT2D eigenvalue weighted by Gasteiger charge is -2.34. The average molecular weight is 263 g/mol. The molecular weight excluding hydrogens is 246 g/mol. The Morgan fingerprint density at radius 1 is 1.26 bits per heavy atom. The van der Waals surface area contributed by atoms with Gasteiger partial charge in [-0.25, -0.2) is 14.8 Å². The van der Waals surface area contributed by atoms with Crippen LogP contribution >= 0.6 is 0 Å². The van der Waals surface area contributed by atoms with Gasteiger partial charge < -0.3 is 20.6 Å². The van der Waals surface area contributed by atoms with E-state index in [2.05, 4.69) is 14.9 Å². The second-order valence-corrected chi connectivity index (χ2v) is 5.03. The van der Waals surface area contributed by atoms with Crippen LogP contribution in [0.25, 0.3) is 0 Å². The van der Waals surface area contributed by atoms with Gasteiger partial charge in [0.1, 0.15) is 18.0 Å². The zero-order valence-electron chi connectivity index (χ0n) is 10.6. The molecule has 0 aromatic carbocycles. The third kappa shape index (κ3) is 2.27. The smallest absolute Gasteiger partial charge is 0.407 e. The average Bonchev–Trinajstić information content (AvgIpc) is 3.23. The molecule has 3 N–H and O–H groups in total. The Kier molecular flexibility index (Phi) is 2.88. The van der Waals surface area contributed by atoms with Gasteiger partial charge in [0.2, 0.25) is 0 Å². The van der Waals surface area contributed by atoms with E-state index in [1.165, 1.54) is 11.2 Å². The maximum absolute atomic E-state index is 10.9. The van der Waals surface area contributed by atoms with Crippen LogP contribution in [0, 0.1) is 0 Å². The molecule has 1 aliphatic heterocycles. The molecule has 102 valence electrons. The van der Waals surface area contributed by atoms with E-state index in [9.17, 15) is 4.79 Å². The lowest BCUT2D eigenvalue weighted by molar-refractivity contribution is 0.142. The van der Waals surface area contributed by atoms with Crippen LogP contribution in [-0.4, -0.2) is 52.2 Å². The molecule has 3 rings (SSSR count). The van der Waals surface area contributed by atoms with E-state index in [0.717, 1.165) is 24.2 Å². The molecule has 2 fully saturated rings. The number of nitrogen functional groups attached to an aromatic ring is 1. The zero-order chi connectivity index (χ0) is 13.4. The van der Waals surface area contributed by atoms with Crippen LogP contribution in [0.3, 0.4) is 0 Å². The summed E-state index contributed by atoms with van der Waals surface area (Å²) >= 11 is 0. The van der Waals surface area contributed by atoms with E-state index in [-0.39, 0.29) is 0 Å². The minimum atomic E-state index is -0.857. The second-order valence-electron chi connectivity index (χ2n) is 5.03.